The van der Waals surface area contributed by atoms with Crippen molar-refractivity contribution in [2.45, 2.75) is 13.6 Å². The second-order valence-corrected chi connectivity index (χ2v) is 3.66. The quantitative estimate of drug-likeness (QED) is 0.741. The van der Waals surface area contributed by atoms with Gasteiger partial charge in [-0.05, 0) is 36.2 Å². The standard InChI is InChI=1S/C10H10ClN3O/c1-6-2-3-7-8(4-6)13-10(11)14(5-12)9(7)15/h2-4H,5,12H2,1H3. The number of fused-ring (bicyclic) bond motifs is 1. The molecule has 1 heterocycles. The van der Waals surface area contributed by atoms with E-state index in [0.717, 1.165) is 5.56 Å². The van der Waals surface area contributed by atoms with Gasteiger partial charge < -0.3 is 5.73 Å². The van der Waals surface area contributed by atoms with Crippen molar-refractivity contribution in [2.24, 2.45) is 5.73 Å². The van der Waals surface area contributed by atoms with Gasteiger partial charge in [-0.25, -0.2) is 4.98 Å². The van der Waals surface area contributed by atoms with Crippen molar-refractivity contribution in [1.29, 1.82) is 0 Å². The minimum absolute atomic E-state index is 0.0362. The molecule has 1 aromatic heterocycles. The summed E-state index contributed by atoms with van der Waals surface area (Å²) >= 11 is 5.83. The molecular weight excluding hydrogens is 214 g/mol. The number of halogens is 1. The molecule has 0 aliphatic heterocycles. The smallest absolute Gasteiger partial charge is 0.263 e. The molecule has 78 valence electrons. The van der Waals surface area contributed by atoms with Gasteiger partial charge in [-0.2, -0.15) is 0 Å². The van der Waals surface area contributed by atoms with E-state index in [1.807, 2.05) is 19.1 Å². The van der Waals surface area contributed by atoms with Crippen LogP contribution in [0.15, 0.2) is 23.0 Å². The number of aromatic nitrogens is 2. The van der Waals surface area contributed by atoms with Gasteiger partial charge in [0.2, 0.25) is 5.28 Å². The van der Waals surface area contributed by atoms with Crippen LogP contribution in [0, 0.1) is 6.92 Å². The van der Waals surface area contributed by atoms with Crippen molar-refractivity contribution in [3.8, 4) is 0 Å². The van der Waals surface area contributed by atoms with Crippen LogP contribution < -0.4 is 11.3 Å². The molecule has 0 aliphatic rings. The molecular formula is C10H10ClN3O. The highest BCUT2D eigenvalue weighted by atomic mass is 35.5. The highest BCUT2D eigenvalue weighted by Gasteiger charge is 2.07. The molecule has 0 spiro atoms. The number of hydrogen-bond acceptors (Lipinski definition) is 3. The first-order valence-electron chi connectivity index (χ1n) is 4.50. The third-order valence-electron chi connectivity index (χ3n) is 2.25. The Bertz CT molecular complexity index is 577. The molecule has 0 fully saturated rings. The summed E-state index contributed by atoms with van der Waals surface area (Å²) in [5, 5.41) is 0.663. The van der Waals surface area contributed by atoms with E-state index in [1.165, 1.54) is 4.57 Å². The van der Waals surface area contributed by atoms with E-state index in [-0.39, 0.29) is 17.5 Å². The lowest BCUT2D eigenvalue weighted by Crippen LogP contribution is -2.25. The van der Waals surface area contributed by atoms with Crippen molar-refractivity contribution >= 4 is 22.5 Å². The summed E-state index contributed by atoms with van der Waals surface area (Å²) in [6, 6.07) is 5.42. The number of rotatable bonds is 1. The molecule has 5 heteroatoms. The summed E-state index contributed by atoms with van der Waals surface area (Å²) < 4.78 is 1.24. The van der Waals surface area contributed by atoms with Gasteiger partial charge in [-0.3, -0.25) is 9.36 Å². The molecule has 0 aliphatic carbocycles. The fourth-order valence-electron chi connectivity index (χ4n) is 1.46. The van der Waals surface area contributed by atoms with E-state index >= 15 is 0 Å². The molecule has 0 amide bonds. The summed E-state index contributed by atoms with van der Waals surface area (Å²) in [6.07, 6.45) is 0. The fourth-order valence-corrected chi connectivity index (χ4v) is 1.70. The molecule has 4 nitrogen and oxygen atoms in total. The topological polar surface area (TPSA) is 60.9 Å². The predicted octanol–water partition coefficient (Wildman–Crippen LogP) is 1.27. The Kier molecular flexibility index (Phi) is 2.46. The molecule has 2 N–H and O–H groups in total. The molecule has 0 unspecified atom stereocenters. The second-order valence-electron chi connectivity index (χ2n) is 3.32. The maximum Gasteiger partial charge on any atom is 0.263 e. The molecule has 0 atom stereocenters. The van der Waals surface area contributed by atoms with E-state index in [4.69, 9.17) is 17.3 Å². The zero-order chi connectivity index (χ0) is 11.0. The van der Waals surface area contributed by atoms with Crippen molar-refractivity contribution in [2.75, 3.05) is 0 Å². The van der Waals surface area contributed by atoms with E-state index in [2.05, 4.69) is 4.98 Å². The van der Waals surface area contributed by atoms with Crippen LogP contribution in [-0.2, 0) is 6.67 Å². The maximum absolute atomic E-state index is 11.9. The van der Waals surface area contributed by atoms with Gasteiger partial charge >= 0.3 is 0 Å². The van der Waals surface area contributed by atoms with Gasteiger partial charge in [0.1, 0.15) is 0 Å². The Morgan fingerprint density at radius 2 is 2.27 bits per heavy atom. The van der Waals surface area contributed by atoms with Crippen molar-refractivity contribution in [3.63, 3.8) is 0 Å². The first kappa shape index (κ1) is 10.1. The highest BCUT2D eigenvalue weighted by Crippen LogP contribution is 2.12. The van der Waals surface area contributed by atoms with Crippen molar-refractivity contribution in [1.82, 2.24) is 9.55 Å². The van der Waals surface area contributed by atoms with Crippen LogP contribution in [0.3, 0.4) is 0 Å². The largest absolute Gasteiger partial charge is 0.313 e. The second kappa shape index (κ2) is 3.64. The first-order valence-corrected chi connectivity index (χ1v) is 4.88. The van der Waals surface area contributed by atoms with E-state index in [0.29, 0.717) is 10.9 Å². The monoisotopic (exact) mass is 223 g/mol. The summed E-state index contributed by atoms with van der Waals surface area (Å²) in [6.45, 7) is 1.97. The van der Waals surface area contributed by atoms with Crippen LogP contribution >= 0.6 is 11.6 Å². The average molecular weight is 224 g/mol. The SMILES string of the molecule is Cc1ccc2c(=O)n(CN)c(Cl)nc2c1. The molecule has 1 aromatic carbocycles. The predicted molar refractivity (Wildman–Crippen MR) is 59.9 cm³/mol. The van der Waals surface area contributed by atoms with Crippen LogP contribution in [0.4, 0.5) is 0 Å². The molecule has 0 saturated carbocycles. The summed E-state index contributed by atoms with van der Waals surface area (Å²) in [7, 11) is 0. The van der Waals surface area contributed by atoms with Crippen LogP contribution in [0.5, 0.6) is 0 Å². The van der Waals surface area contributed by atoms with Gasteiger partial charge in [0.25, 0.3) is 5.56 Å². The zero-order valence-corrected chi connectivity index (χ0v) is 8.95. The summed E-state index contributed by atoms with van der Waals surface area (Å²) in [4.78, 5) is 16.0. The third-order valence-corrected chi connectivity index (χ3v) is 2.54. The molecule has 0 saturated heterocycles. The number of benzene rings is 1. The van der Waals surface area contributed by atoms with Crippen LogP contribution in [0.2, 0.25) is 5.28 Å². The Balaban J connectivity index is 2.91. The fraction of sp³-hybridized carbons (Fsp3) is 0.200. The lowest BCUT2D eigenvalue weighted by Gasteiger charge is -2.06. The first-order chi connectivity index (χ1) is 7.13. The lowest BCUT2D eigenvalue weighted by molar-refractivity contribution is 0.693. The van der Waals surface area contributed by atoms with Crippen LogP contribution in [-0.4, -0.2) is 9.55 Å². The third kappa shape index (κ3) is 1.62. The van der Waals surface area contributed by atoms with E-state index in [9.17, 15) is 4.79 Å². The van der Waals surface area contributed by atoms with E-state index < -0.39 is 0 Å². The zero-order valence-electron chi connectivity index (χ0n) is 8.20. The van der Waals surface area contributed by atoms with Gasteiger partial charge in [0, 0.05) is 0 Å². The molecule has 0 radical (unpaired) electrons. The Morgan fingerprint density at radius 1 is 1.53 bits per heavy atom. The van der Waals surface area contributed by atoms with E-state index in [1.54, 1.807) is 6.07 Å². The Hall–Kier alpha value is -1.39. The number of nitrogens with two attached hydrogens (primary N) is 1. The van der Waals surface area contributed by atoms with Crippen LogP contribution in [0.25, 0.3) is 10.9 Å². The number of aryl methyl sites for hydroxylation is 1. The average Bonchev–Trinajstić information content (AvgIpc) is 2.17. The minimum Gasteiger partial charge on any atom is -0.313 e. The summed E-state index contributed by atoms with van der Waals surface area (Å²) in [5.41, 5.74) is 6.85. The minimum atomic E-state index is -0.201. The molecule has 15 heavy (non-hydrogen) atoms. The lowest BCUT2D eigenvalue weighted by atomic mass is 10.2. The highest BCUT2D eigenvalue weighted by molar-refractivity contribution is 6.28. The number of hydrogen-bond donors (Lipinski definition) is 1. The van der Waals surface area contributed by atoms with Crippen molar-refractivity contribution < 1.29 is 0 Å². The summed E-state index contributed by atoms with van der Waals surface area (Å²) in [5.74, 6) is 0. The van der Waals surface area contributed by atoms with Gasteiger partial charge in [0.15, 0.2) is 0 Å². The molecule has 2 rings (SSSR count). The number of nitrogens with zero attached hydrogens (tertiary/aromatic N) is 2. The van der Waals surface area contributed by atoms with Gasteiger partial charge in [-0.15, -0.1) is 0 Å². The maximum atomic E-state index is 11.9. The Labute approximate surface area is 91.3 Å². The Morgan fingerprint density at radius 3 is 2.93 bits per heavy atom. The van der Waals surface area contributed by atoms with Gasteiger partial charge in [0.05, 0.1) is 17.6 Å². The molecule has 2 aromatic rings. The van der Waals surface area contributed by atoms with Gasteiger partial charge in [-0.1, -0.05) is 6.07 Å². The molecule has 0 bridgehead atoms. The van der Waals surface area contributed by atoms with Crippen molar-refractivity contribution in [3.05, 3.63) is 39.4 Å². The van der Waals surface area contributed by atoms with Crippen LogP contribution in [0.1, 0.15) is 5.56 Å². The normalized spacial score (nSPS) is 10.9.